The zero-order valence-electron chi connectivity index (χ0n) is 10.2. The SMILES string of the molecule is COc1ccc(N(C)c2ccc(F)c(F)c2)cc1. The lowest BCUT2D eigenvalue weighted by Gasteiger charge is -2.19. The van der Waals surface area contributed by atoms with Crippen molar-refractivity contribution in [2.45, 2.75) is 0 Å². The van der Waals surface area contributed by atoms with Crippen LogP contribution in [0.25, 0.3) is 0 Å². The minimum Gasteiger partial charge on any atom is -0.497 e. The molecular weight excluding hydrogens is 236 g/mol. The van der Waals surface area contributed by atoms with Crippen molar-refractivity contribution in [1.82, 2.24) is 0 Å². The van der Waals surface area contributed by atoms with E-state index in [0.29, 0.717) is 5.69 Å². The number of hydrogen-bond donors (Lipinski definition) is 0. The third-order valence-corrected chi connectivity index (χ3v) is 2.75. The summed E-state index contributed by atoms with van der Waals surface area (Å²) in [4.78, 5) is 1.77. The lowest BCUT2D eigenvalue weighted by atomic mass is 10.2. The quantitative estimate of drug-likeness (QED) is 0.821. The Morgan fingerprint density at radius 2 is 1.50 bits per heavy atom. The minimum absolute atomic E-state index is 0.582. The van der Waals surface area contributed by atoms with Crippen molar-refractivity contribution in [2.75, 3.05) is 19.1 Å². The second-order valence-corrected chi connectivity index (χ2v) is 3.86. The topological polar surface area (TPSA) is 12.5 Å². The van der Waals surface area contributed by atoms with Crippen LogP contribution in [0, 0.1) is 11.6 Å². The summed E-state index contributed by atoms with van der Waals surface area (Å²) in [5, 5.41) is 0. The summed E-state index contributed by atoms with van der Waals surface area (Å²) in [7, 11) is 3.38. The molecule has 0 atom stereocenters. The lowest BCUT2D eigenvalue weighted by Crippen LogP contribution is -2.09. The highest BCUT2D eigenvalue weighted by Gasteiger charge is 2.08. The molecule has 2 rings (SSSR count). The molecule has 0 bridgehead atoms. The van der Waals surface area contributed by atoms with Crippen LogP contribution in [0.4, 0.5) is 20.2 Å². The van der Waals surface area contributed by atoms with Crippen LogP contribution >= 0.6 is 0 Å². The van der Waals surface area contributed by atoms with Crippen molar-refractivity contribution >= 4 is 11.4 Å². The van der Waals surface area contributed by atoms with Crippen LogP contribution in [0.2, 0.25) is 0 Å². The second-order valence-electron chi connectivity index (χ2n) is 3.86. The molecule has 0 aliphatic rings. The van der Waals surface area contributed by atoms with Crippen molar-refractivity contribution in [3.63, 3.8) is 0 Å². The molecule has 0 fully saturated rings. The van der Waals surface area contributed by atoms with Crippen LogP contribution in [0.5, 0.6) is 5.75 Å². The highest BCUT2D eigenvalue weighted by atomic mass is 19.2. The Kier molecular flexibility index (Phi) is 3.46. The van der Waals surface area contributed by atoms with E-state index in [2.05, 4.69) is 0 Å². The normalized spacial score (nSPS) is 10.2. The molecule has 0 saturated heterocycles. The molecule has 18 heavy (non-hydrogen) atoms. The maximum absolute atomic E-state index is 13.2. The van der Waals surface area contributed by atoms with Gasteiger partial charge in [0, 0.05) is 24.5 Å². The second kappa shape index (κ2) is 5.04. The molecule has 0 radical (unpaired) electrons. The Hall–Kier alpha value is -2.10. The van der Waals surface area contributed by atoms with Crippen molar-refractivity contribution in [2.24, 2.45) is 0 Å². The van der Waals surface area contributed by atoms with E-state index in [-0.39, 0.29) is 0 Å². The van der Waals surface area contributed by atoms with E-state index in [1.807, 2.05) is 24.3 Å². The van der Waals surface area contributed by atoms with E-state index in [9.17, 15) is 8.78 Å². The van der Waals surface area contributed by atoms with Gasteiger partial charge in [-0.15, -0.1) is 0 Å². The molecule has 0 aromatic heterocycles. The van der Waals surface area contributed by atoms with Gasteiger partial charge in [-0.25, -0.2) is 8.78 Å². The predicted octanol–water partition coefficient (Wildman–Crippen LogP) is 3.74. The summed E-state index contributed by atoms with van der Waals surface area (Å²) in [6.45, 7) is 0. The first-order valence-electron chi connectivity index (χ1n) is 5.44. The molecule has 2 nitrogen and oxygen atoms in total. The third-order valence-electron chi connectivity index (χ3n) is 2.75. The maximum atomic E-state index is 13.2. The van der Waals surface area contributed by atoms with Gasteiger partial charge < -0.3 is 9.64 Å². The first-order chi connectivity index (χ1) is 8.61. The monoisotopic (exact) mass is 249 g/mol. The Morgan fingerprint density at radius 1 is 0.889 bits per heavy atom. The Bertz CT molecular complexity index is 540. The van der Waals surface area contributed by atoms with Crippen LogP contribution in [0.3, 0.4) is 0 Å². The molecule has 2 aromatic carbocycles. The molecule has 94 valence electrons. The van der Waals surface area contributed by atoms with Crippen LogP contribution in [0.1, 0.15) is 0 Å². The smallest absolute Gasteiger partial charge is 0.160 e. The first-order valence-corrected chi connectivity index (χ1v) is 5.44. The molecule has 0 spiro atoms. The van der Waals surface area contributed by atoms with Gasteiger partial charge in [0.15, 0.2) is 11.6 Å². The number of anilines is 2. The largest absolute Gasteiger partial charge is 0.497 e. The zero-order chi connectivity index (χ0) is 13.1. The Balaban J connectivity index is 2.28. The summed E-state index contributed by atoms with van der Waals surface area (Å²) < 4.78 is 31.1. The predicted molar refractivity (Wildman–Crippen MR) is 67.4 cm³/mol. The summed E-state index contributed by atoms with van der Waals surface area (Å²) in [5.41, 5.74) is 1.45. The summed E-state index contributed by atoms with van der Waals surface area (Å²) in [6, 6.07) is 11.1. The van der Waals surface area contributed by atoms with Gasteiger partial charge in [-0.05, 0) is 36.4 Å². The van der Waals surface area contributed by atoms with Crippen molar-refractivity contribution in [1.29, 1.82) is 0 Å². The molecule has 4 heteroatoms. The highest BCUT2D eigenvalue weighted by Crippen LogP contribution is 2.26. The van der Waals surface area contributed by atoms with E-state index >= 15 is 0 Å². The molecular formula is C14H13F2NO. The summed E-state index contributed by atoms with van der Waals surface area (Å²) >= 11 is 0. The van der Waals surface area contributed by atoms with Gasteiger partial charge in [-0.3, -0.25) is 0 Å². The van der Waals surface area contributed by atoms with Gasteiger partial charge in [0.25, 0.3) is 0 Å². The highest BCUT2D eigenvalue weighted by molar-refractivity contribution is 5.63. The fourth-order valence-corrected chi connectivity index (χ4v) is 1.65. The van der Waals surface area contributed by atoms with Crippen LogP contribution in [-0.4, -0.2) is 14.2 Å². The lowest BCUT2D eigenvalue weighted by molar-refractivity contribution is 0.415. The van der Waals surface area contributed by atoms with Gasteiger partial charge in [-0.1, -0.05) is 0 Å². The number of nitrogens with zero attached hydrogens (tertiary/aromatic N) is 1. The number of benzene rings is 2. The average Bonchev–Trinajstić information content (AvgIpc) is 2.41. The maximum Gasteiger partial charge on any atom is 0.160 e. The molecule has 0 saturated carbocycles. The molecule has 0 aliphatic heterocycles. The van der Waals surface area contributed by atoms with Crippen LogP contribution in [-0.2, 0) is 0 Å². The number of rotatable bonds is 3. The Labute approximate surface area is 104 Å². The minimum atomic E-state index is -0.854. The Morgan fingerprint density at radius 3 is 2.06 bits per heavy atom. The van der Waals surface area contributed by atoms with Crippen molar-refractivity contribution in [3.05, 3.63) is 54.1 Å². The van der Waals surface area contributed by atoms with Gasteiger partial charge in [0.05, 0.1) is 7.11 Å². The van der Waals surface area contributed by atoms with Crippen molar-refractivity contribution < 1.29 is 13.5 Å². The standard InChI is InChI=1S/C14H13F2NO/c1-17(10-3-6-12(18-2)7-4-10)11-5-8-13(15)14(16)9-11/h3-9H,1-2H3. The van der Waals surface area contributed by atoms with E-state index in [4.69, 9.17) is 4.74 Å². The van der Waals surface area contributed by atoms with Crippen LogP contribution < -0.4 is 9.64 Å². The van der Waals surface area contributed by atoms with E-state index in [1.165, 1.54) is 12.1 Å². The number of halogens is 2. The number of methoxy groups -OCH3 is 1. The molecule has 0 aliphatic carbocycles. The number of hydrogen-bond acceptors (Lipinski definition) is 2. The zero-order valence-corrected chi connectivity index (χ0v) is 10.2. The van der Waals surface area contributed by atoms with E-state index in [0.717, 1.165) is 17.5 Å². The first kappa shape index (κ1) is 12.4. The third kappa shape index (κ3) is 2.42. The molecule has 0 heterocycles. The average molecular weight is 249 g/mol. The fourth-order valence-electron chi connectivity index (χ4n) is 1.65. The van der Waals surface area contributed by atoms with Crippen molar-refractivity contribution in [3.8, 4) is 5.75 Å². The van der Waals surface area contributed by atoms with Crippen LogP contribution in [0.15, 0.2) is 42.5 Å². The van der Waals surface area contributed by atoms with E-state index in [1.54, 1.807) is 19.1 Å². The summed E-state index contributed by atoms with van der Waals surface area (Å²) in [6.07, 6.45) is 0. The van der Waals surface area contributed by atoms with Gasteiger partial charge in [-0.2, -0.15) is 0 Å². The molecule has 0 amide bonds. The molecule has 2 aromatic rings. The fraction of sp³-hybridized carbons (Fsp3) is 0.143. The van der Waals surface area contributed by atoms with E-state index < -0.39 is 11.6 Å². The number of ether oxygens (including phenoxy) is 1. The molecule has 0 unspecified atom stereocenters. The summed E-state index contributed by atoms with van der Waals surface area (Å²) in [5.74, 6) is -0.952. The van der Waals surface area contributed by atoms with Gasteiger partial charge in [0.1, 0.15) is 5.75 Å². The van der Waals surface area contributed by atoms with Gasteiger partial charge >= 0.3 is 0 Å². The van der Waals surface area contributed by atoms with Gasteiger partial charge in [0.2, 0.25) is 0 Å². The molecule has 0 N–H and O–H groups in total.